The third-order valence-electron chi connectivity index (χ3n) is 5.14. The summed E-state index contributed by atoms with van der Waals surface area (Å²) in [5.74, 6) is 1.39. The van der Waals surface area contributed by atoms with Crippen molar-refractivity contribution in [3.8, 4) is 11.8 Å². The van der Waals surface area contributed by atoms with Gasteiger partial charge in [-0.1, -0.05) is 0 Å². The van der Waals surface area contributed by atoms with Crippen molar-refractivity contribution in [2.45, 2.75) is 19.5 Å². The van der Waals surface area contributed by atoms with Crippen molar-refractivity contribution in [2.24, 2.45) is 11.8 Å². The van der Waals surface area contributed by atoms with E-state index >= 15 is 0 Å². The number of carbonyl (C=O) groups excluding carboxylic acids is 1. The number of ether oxygens (including phenoxy) is 1. The van der Waals surface area contributed by atoms with Crippen molar-refractivity contribution < 1.29 is 13.9 Å². The highest BCUT2D eigenvalue weighted by molar-refractivity contribution is 5.74. The van der Waals surface area contributed by atoms with Gasteiger partial charge in [0.05, 0.1) is 11.6 Å². The molecule has 2 saturated heterocycles. The molecule has 2 amide bonds. The van der Waals surface area contributed by atoms with Crippen LogP contribution in [0.25, 0.3) is 0 Å². The largest absolute Gasteiger partial charge is 0.491 e. The van der Waals surface area contributed by atoms with E-state index in [4.69, 9.17) is 10.00 Å². The lowest BCUT2D eigenvalue weighted by molar-refractivity contribution is 0.0289. The number of nitriles is 1. The summed E-state index contributed by atoms with van der Waals surface area (Å²) < 4.78 is 19.9. The van der Waals surface area contributed by atoms with Gasteiger partial charge < -0.3 is 15.0 Å². The van der Waals surface area contributed by atoms with E-state index in [0.29, 0.717) is 36.2 Å². The van der Waals surface area contributed by atoms with E-state index in [1.807, 2.05) is 17.9 Å². The van der Waals surface area contributed by atoms with Gasteiger partial charge in [0.15, 0.2) is 0 Å². The summed E-state index contributed by atoms with van der Waals surface area (Å²) in [5, 5.41) is 11.7. The van der Waals surface area contributed by atoms with Gasteiger partial charge >= 0.3 is 6.03 Å². The molecule has 0 radical (unpaired) electrons. The van der Waals surface area contributed by atoms with Crippen molar-refractivity contribution in [1.29, 1.82) is 5.26 Å². The maximum Gasteiger partial charge on any atom is 0.317 e. The van der Waals surface area contributed by atoms with Crippen LogP contribution in [0.3, 0.4) is 0 Å². The molecule has 3 rings (SSSR count). The first-order valence-electron chi connectivity index (χ1n) is 9.59. The van der Waals surface area contributed by atoms with Crippen LogP contribution in [0.5, 0.6) is 5.75 Å². The molecule has 2 aliphatic heterocycles. The first-order valence-corrected chi connectivity index (χ1v) is 9.59. The van der Waals surface area contributed by atoms with Crippen LogP contribution in [-0.2, 0) is 0 Å². The molecule has 2 bridgehead atoms. The first-order chi connectivity index (χ1) is 13.1. The average Bonchev–Trinajstić information content (AvgIpc) is 2.66. The van der Waals surface area contributed by atoms with Gasteiger partial charge in [-0.15, -0.1) is 0 Å². The normalized spacial score (nSPS) is 23.4. The van der Waals surface area contributed by atoms with E-state index in [1.54, 1.807) is 24.3 Å². The maximum absolute atomic E-state index is 14.4. The number of fused-ring (bicyclic) bond motifs is 2. The minimum atomic E-state index is -1.07. The standard InChI is InChI=1S/C20H27FN4O2/c1-2-23-20(26)25-11-16-7-17(12-25)10-24(9-16)13-18(21)14-27-19-5-3-15(8-22)4-6-19/h3-6,16-18H,2,7,9-14H2,1H3,(H,23,26). The van der Waals surface area contributed by atoms with E-state index in [1.165, 1.54) is 0 Å². The lowest BCUT2D eigenvalue weighted by Crippen LogP contribution is -2.56. The Balaban J connectivity index is 1.44. The van der Waals surface area contributed by atoms with Crippen molar-refractivity contribution in [3.05, 3.63) is 29.8 Å². The van der Waals surface area contributed by atoms with Gasteiger partial charge in [0.2, 0.25) is 0 Å². The van der Waals surface area contributed by atoms with Crippen LogP contribution in [0.15, 0.2) is 24.3 Å². The monoisotopic (exact) mass is 374 g/mol. The molecule has 3 atom stereocenters. The smallest absolute Gasteiger partial charge is 0.317 e. The molecular weight excluding hydrogens is 347 g/mol. The fraction of sp³-hybridized carbons (Fsp3) is 0.600. The van der Waals surface area contributed by atoms with E-state index in [0.717, 1.165) is 32.6 Å². The quantitative estimate of drug-likeness (QED) is 0.829. The molecule has 2 fully saturated rings. The highest BCUT2D eigenvalue weighted by Crippen LogP contribution is 2.28. The summed E-state index contributed by atoms with van der Waals surface area (Å²) in [6.45, 7) is 6.06. The molecular formula is C20H27FN4O2. The number of piperidine rings is 2. The summed E-state index contributed by atoms with van der Waals surface area (Å²) in [5.41, 5.74) is 0.556. The number of likely N-dealkylation sites (tertiary alicyclic amines) is 2. The Hall–Kier alpha value is -2.33. The molecule has 0 aromatic heterocycles. The van der Waals surface area contributed by atoms with E-state index < -0.39 is 6.17 Å². The number of benzene rings is 1. The van der Waals surface area contributed by atoms with Crippen LogP contribution in [0.2, 0.25) is 0 Å². The molecule has 1 N–H and O–H groups in total. The Bertz CT molecular complexity index is 662. The van der Waals surface area contributed by atoms with Gasteiger partial charge in [-0.05, 0) is 49.4 Å². The number of nitrogens with zero attached hydrogens (tertiary/aromatic N) is 3. The molecule has 0 aliphatic carbocycles. The number of hydrogen-bond acceptors (Lipinski definition) is 4. The molecule has 1 aromatic rings. The number of rotatable bonds is 6. The molecule has 146 valence electrons. The topological polar surface area (TPSA) is 68.6 Å². The molecule has 3 unspecified atom stereocenters. The van der Waals surface area contributed by atoms with Crippen LogP contribution in [0, 0.1) is 23.2 Å². The zero-order valence-electron chi connectivity index (χ0n) is 15.7. The Labute approximate surface area is 159 Å². The summed E-state index contributed by atoms with van der Waals surface area (Å²) in [7, 11) is 0. The lowest BCUT2D eigenvalue weighted by atomic mass is 9.84. The van der Waals surface area contributed by atoms with Crippen LogP contribution in [0.4, 0.5) is 9.18 Å². The molecule has 27 heavy (non-hydrogen) atoms. The third kappa shape index (κ3) is 5.33. The Kier molecular flexibility index (Phi) is 6.51. The zero-order valence-corrected chi connectivity index (χ0v) is 15.7. The van der Waals surface area contributed by atoms with E-state index in [-0.39, 0.29) is 12.6 Å². The number of nitrogens with one attached hydrogen (secondary N) is 1. The van der Waals surface area contributed by atoms with E-state index in [2.05, 4.69) is 10.2 Å². The number of amides is 2. The van der Waals surface area contributed by atoms with Gasteiger partial charge in [0.25, 0.3) is 0 Å². The summed E-state index contributed by atoms with van der Waals surface area (Å²) in [4.78, 5) is 16.1. The van der Waals surface area contributed by atoms with Crippen LogP contribution < -0.4 is 10.1 Å². The van der Waals surface area contributed by atoms with Gasteiger partial charge in [-0.3, -0.25) is 4.90 Å². The summed E-state index contributed by atoms with van der Waals surface area (Å²) >= 11 is 0. The summed E-state index contributed by atoms with van der Waals surface area (Å²) in [6.07, 6.45) is 0.0458. The highest BCUT2D eigenvalue weighted by Gasteiger charge is 2.36. The van der Waals surface area contributed by atoms with Crippen molar-refractivity contribution in [1.82, 2.24) is 15.1 Å². The van der Waals surface area contributed by atoms with Gasteiger partial charge in [-0.25, -0.2) is 9.18 Å². The lowest BCUT2D eigenvalue weighted by Gasteiger charge is -2.46. The van der Waals surface area contributed by atoms with Crippen molar-refractivity contribution in [3.63, 3.8) is 0 Å². The fourth-order valence-electron chi connectivity index (χ4n) is 4.11. The second kappa shape index (κ2) is 9.05. The third-order valence-corrected chi connectivity index (χ3v) is 5.14. The number of halogens is 1. The molecule has 0 saturated carbocycles. The van der Waals surface area contributed by atoms with Gasteiger partial charge in [0.1, 0.15) is 18.5 Å². The number of alkyl halides is 1. The average molecular weight is 374 g/mol. The second-order valence-electron chi connectivity index (χ2n) is 7.47. The molecule has 1 aromatic carbocycles. The Morgan fingerprint density at radius 2 is 1.96 bits per heavy atom. The highest BCUT2D eigenvalue weighted by atomic mass is 19.1. The first kappa shape index (κ1) is 19.4. The summed E-state index contributed by atoms with van der Waals surface area (Å²) in [6, 6.07) is 8.76. The van der Waals surface area contributed by atoms with Crippen LogP contribution in [-0.4, -0.2) is 67.9 Å². The van der Waals surface area contributed by atoms with Gasteiger partial charge in [-0.2, -0.15) is 5.26 Å². The van der Waals surface area contributed by atoms with E-state index in [9.17, 15) is 9.18 Å². The molecule has 2 heterocycles. The fourth-order valence-corrected chi connectivity index (χ4v) is 4.11. The number of hydrogen-bond donors (Lipinski definition) is 1. The zero-order chi connectivity index (χ0) is 19.2. The molecule has 7 heteroatoms. The van der Waals surface area contributed by atoms with Crippen molar-refractivity contribution >= 4 is 6.03 Å². The van der Waals surface area contributed by atoms with Crippen LogP contribution >= 0.6 is 0 Å². The molecule has 0 spiro atoms. The van der Waals surface area contributed by atoms with Gasteiger partial charge in [0, 0.05) is 39.3 Å². The maximum atomic E-state index is 14.4. The Morgan fingerprint density at radius 3 is 2.56 bits per heavy atom. The SMILES string of the molecule is CCNC(=O)N1CC2CC(CN(CC(F)COc3ccc(C#N)cc3)C2)C1. The van der Waals surface area contributed by atoms with Crippen LogP contribution in [0.1, 0.15) is 18.9 Å². The predicted octanol–water partition coefficient (Wildman–Crippen LogP) is 2.26. The molecule has 2 aliphatic rings. The number of urea groups is 1. The van der Waals surface area contributed by atoms with Crippen molar-refractivity contribution in [2.75, 3.05) is 45.9 Å². The minimum absolute atomic E-state index is 0.00274. The Morgan fingerprint density at radius 1 is 1.30 bits per heavy atom. The number of carbonyl (C=O) groups is 1. The second-order valence-corrected chi connectivity index (χ2v) is 7.47. The molecule has 6 nitrogen and oxygen atoms in total. The minimum Gasteiger partial charge on any atom is -0.491 e. The predicted molar refractivity (Wildman–Crippen MR) is 100 cm³/mol.